The van der Waals surface area contributed by atoms with E-state index in [9.17, 15) is 0 Å². The Kier molecular flexibility index (Phi) is 4.14. The number of aryl methyl sites for hydroxylation is 1. The predicted octanol–water partition coefficient (Wildman–Crippen LogP) is -1.83. The van der Waals surface area contributed by atoms with Crippen molar-refractivity contribution in [3.8, 4) is 0 Å². The number of nitrogens with zero attached hydrogens (tertiary/aromatic N) is 1. The van der Waals surface area contributed by atoms with Crippen LogP contribution in [0.1, 0.15) is 0 Å². The molecule has 0 saturated carbocycles. The third-order valence-corrected chi connectivity index (χ3v) is 1.38. The standard InChI is InChI=1S/C6H7ClN.HI/c1-8-5-3-2-4-6(8)7;/h2-5H,1H3;1H/q+1;/p-1. The topological polar surface area (TPSA) is 3.88 Å². The zero-order valence-corrected chi connectivity index (χ0v) is 7.93. The van der Waals surface area contributed by atoms with Crippen LogP contribution >= 0.6 is 11.6 Å². The highest BCUT2D eigenvalue weighted by atomic mass is 127. The van der Waals surface area contributed by atoms with Crippen LogP contribution in [0.4, 0.5) is 0 Å². The molecule has 0 unspecified atom stereocenters. The van der Waals surface area contributed by atoms with Crippen LogP contribution in [0, 0.1) is 0 Å². The van der Waals surface area contributed by atoms with Gasteiger partial charge in [-0.15, -0.1) is 0 Å². The molecule has 0 aliphatic heterocycles. The fourth-order valence-corrected chi connectivity index (χ4v) is 0.632. The third kappa shape index (κ3) is 2.49. The van der Waals surface area contributed by atoms with E-state index in [0.29, 0.717) is 0 Å². The highest BCUT2D eigenvalue weighted by Crippen LogP contribution is 1.95. The van der Waals surface area contributed by atoms with E-state index in [-0.39, 0.29) is 24.0 Å². The average Bonchev–Trinajstić information content (AvgIpc) is 1.77. The van der Waals surface area contributed by atoms with Crippen molar-refractivity contribution >= 4 is 11.6 Å². The smallest absolute Gasteiger partial charge is 0.274 e. The molecule has 9 heavy (non-hydrogen) atoms. The molecule has 1 rings (SSSR count). The number of halogens is 2. The van der Waals surface area contributed by atoms with E-state index in [4.69, 9.17) is 11.6 Å². The van der Waals surface area contributed by atoms with Crippen LogP contribution in [0.15, 0.2) is 24.4 Å². The van der Waals surface area contributed by atoms with Gasteiger partial charge in [-0.25, -0.2) is 0 Å². The van der Waals surface area contributed by atoms with Gasteiger partial charge in [0.2, 0.25) is 0 Å². The van der Waals surface area contributed by atoms with Gasteiger partial charge in [-0.1, -0.05) is 0 Å². The lowest BCUT2D eigenvalue weighted by Gasteiger charge is -1.84. The maximum atomic E-state index is 5.67. The van der Waals surface area contributed by atoms with Crippen molar-refractivity contribution in [1.29, 1.82) is 0 Å². The molecule has 0 aliphatic carbocycles. The summed E-state index contributed by atoms with van der Waals surface area (Å²) in [5.74, 6) is 0. The molecule has 0 amide bonds. The van der Waals surface area contributed by atoms with Gasteiger partial charge in [0.05, 0.1) is 0 Å². The summed E-state index contributed by atoms with van der Waals surface area (Å²) >= 11 is 5.67. The lowest BCUT2D eigenvalue weighted by Crippen LogP contribution is -3.00. The first kappa shape index (κ1) is 9.17. The van der Waals surface area contributed by atoms with E-state index >= 15 is 0 Å². The third-order valence-electron chi connectivity index (χ3n) is 0.991. The van der Waals surface area contributed by atoms with E-state index in [1.807, 2.05) is 36.0 Å². The summed E-state index contributed by atoms with van der Waals surface area (Å²) in [5, 5.41) is 0.757. The van der Waals surface area contributed by atoms with Gasteiger partial charge in [0.1, 0.15) is 7.05 Å². The number of pyridine rings is 1. The summed E-state index contributed by atoms with van der Waals surface area (Å²) in [6.07, 6.45) is 1.91. The Hall–Kier alpha value is 0.170. The van der Waals surface area contributed by atoms with Crippen LogP contribution < -0.4 is 28.5 Å². The fourth-order valence-electron chi connectivity index (χ4n) is 0.503. The van der Waals surface area contributed by atoms with Crippen molar-refractivity contribution in [2.24, 2.45) is 7.05 Å². The summed E-state index contributed by atoms with van der Waals surface area (Å²) in [5.41, 5.74) is 0. The van der Waals surface area contributed by atoms with Crippen molar-refractivity contribution in [1.82, 2.24) is 0 Å². The van der Waals surface area contributed by atoms with E-state index in [0.717, 1.165) is 5.15 Å². The largest absolute Gasteiger partial charge is 1.00 e. The first-order valence-corrected chi connectivity index (χ1v) is 2.78. The molecular formula is C6H7ClIN. The van der Waals surface area contributed by atoms with Gasteiger partial charge in [0.25, 0.3) is 5.15 Å². The van der Waals surface area contributed by atoms with Crippen molar-refractivity contribution in [2.45, 2.75) is 0 Å². The lowest BCUT2D eigenvalue weighted by molar-refractivity contribution is -0.669. The van der Waals surface area contributed by atoms with Gasteiger partial charge in [-0.3, -0.25) is 0 Å². The number of aromatic nitrogens is 1. The monoisotopic (exact) mass is 255 g/mol. The van der Waals surface area contributed by atoms with E-state index in [2.05, 4.69) is 0 Å². The quantitative estimate of drug-likeness (QED) is 0.292. The zero-order chi connectivity index (χ0) is 5.98. The molecule has 3 heteroatoms. The minimum atomic E-state index is 0. The Bertz CT molecular complexity index is 169. The van der Waals surface area contributed by atoms with Crippen LogP contribution in [-0.2, 0) is 7.05 Å². The Balaban J connectivity index is 0.000000640. The fraction of sp³-hybridized carbons (Fsp3) is 0.167. The number of hydrogen-bond donors (Lipinski definition) is 0. The first-order chi connectivity index (χ1) is 3.80. The summed E-state index contributed by atoms with van der Waals surface area (Å²) in [7, 11) is 1.91. The Morgan fingerprint density at radius 2 is 2.11 bits per heavy atom. The molecule has 0 radical (unpaired) electrons. The Morgan fingerprint density at radius 1 is 1.44 bits per heavy atom. The van der Waals surface area contributed by atoms with Crippen LogP contribution in [0.25, 0.3) is 0 Å². The molecule has 1 heterocycles. The van der Waals surface area contributed by atoms with Crippen molar-refractivity contribution in [2.75, 3.05) is 0 Å². The van der Waals surface area contributed by atoms with Gasteiger partial charge >= 0.3 is 0 Å². The van der Waals surface area contributed by atoms with Gasteiger partial charge in [0, 0.05) is 12.1 Å². The van der Waals surface area contributed by atoms with Crippen LogP contribution in [0.3, 0.4) is 0 Å². The molecule has 0 fully saturated rings. The van der Waals surface area contributed by atoms with Gasteiger partial charge < -0.3 is 24.0 Å². The molecule has 0 aromatic carbocycles. The van der Waals surface area contributed by atoms with E-state index in [1.165, 1.54) is 0 Å². The molecule has 1 nitrogen and oxygen atoms in total. The SMILES string of the molecule is C[n+]1ccccc1Cl.[I-]. The minimum Gasteiger partial charge on any atom is -1.00 e. The minimum absolute atomic E-state index is 0. The Morgan fingerprint density at radius 3 is 2.44 bits per heavy atom. The molecule has 0 atom stereocenters. The molecule has 0 spiro atoms. The second kappa shape index (κ2) is 4.06. The van der Waals surface area contributed by atoms with Crippen molar-refractivity contribution < 1.29 is 28.5 Å². The van der Waals surface area contributed by atoms with Gasteiger partial charge in [-0.05, 0) is 17.7 Å². The summed E-state index contributed by atoms with van der Waals surface area (Å²) < 4.78 is 1.85. The second-order valence-electron chi connectivity index (χ2n) is 1.63. The second-order valence-corrected chi connectivity index (χ2v) is 2.02. The summed E-state index contributed by atoms with van der Waals surface area (Å²) in [6.45, 7) is 0. The van der Waals surface area contributed by atoms with E-state index < -0.39 is 0 Å². The summed E-state index contributed by atoms with van der Waals surface area (Å²) in [6, 6.07) is 5.69. The van der Waals surface area contributed by atoms with Crippen molar-refractivity contribution in [3.05, 3.63) is 29.5 Å². The Labute approximate surface area is 76.7 Å². The normalized spacial score (nSPS) is 8.22. The zero-order valence-electron chi connectivity index (χ0n) is 5.01. The molecule has 1 aromatic rings. The highest BCUT2D eigenvalue weighted by Gasteiger charge is 1.94. The highest BCUT2D eigenvalue weighted by molar-refractivity contribution is 6.28. The van der Waals surface area contributed by atoms with Crippen LogP contribution in [0.2, 0.25) is 5.15 Å². The molecule has 50 valence electrons. The molecular weight excluding hydrogens is 248 g/mol. The predicted molar refractivity (Wildman–Crippen MR) is 32.6 cm³/mol. The average molecular weight is 255 g/mol. The van der Waals surface area contributed by atoms with Crippen LogP contribution in [0.5, 0.6) is 0 Å². The van der Waals surface area contributed by atoms with Gasteiger partial charge in [0.15, 0.2) is 6.20 Å². The summed E-state index contributed by atoms with van der Waals surface area (Å²) in [4.78, 5) is 0. The molecule has 0 saturated heterocycles. The van der Waals surface area contributed by atoms with E-state index in [1.54, 1.807) is 0 Å². The van der Waals surface area contributed by atoms with Gasteiger partial charge in [-0.2, -0.15) is 4.57 Å². The molecule has 0 N–H and O–H groups in total. The van der Waals surface area contributed by atoms with Crippen LogP contribution in [-0.4, -0.2) is 0 Å². The molecule has 1 aromatic heterocycles. The lowest BCUT2D eigenvalue weighted by atomic mass is 10.5. The first-order valence-electron chi connectivity index (χ1n) is 2.41. The van der Waals surface area contributed by atoms with Crippen molar-refractivity contribution in [3.63, 3.8) is 0 Å². The number of hydrogen-bond acceptors (Lipinski definition) is 0. The molecule has 0 bridgehead atoms. The maximum absolute atomic E-state index is 5.67. The molecule has 0 aliphatic rings. The number of rotatable bonds is 0. The maximum Gasteiger partial charge on any atom is 0.274 e.